The van der Waals surface area contributed by atoms with Gasteiger partial charge in [0.2, 0.25) is 0 Å². The van der Waals surface area contributed by atoms with Crippen molar-refractivity contribution in [2.75, 3.05) is 7.11 Å². The third-order valence-corrected chi connectivity index (χ3v) is 8.32. The molecule has 0 bridgehead atoms. The predicted octanol–water partition coefficient (Wildman–Crippen LogP) is 4.26. The van der Waals surface area contributed by atoms with Gasteiger partial charge in [-0.15, -0.1) is 0 Å². The van der Waals surface area contributed by atoms with Crippen LogP contribution in [0, 0.1) is 5.92 Å². The summed E-state index contributed by atoms with van der Waals surface area (Å²) >= 11 is 0. The van der Waals surface area contributed by atoms with E-state index in [1.54, 1.807) is 24.5 Å². The number of unbranched alkanes of at least 4 members (excludes halogenated alkanes) is 4. The van der Waals surface area contributed by atoms with E-state index >= 15 is 0 Å². The summed E-state index contributed by atoms with van der Waals surface area (Å²) in [6, 6.07) is 9.05. The summed E-state index contributed by atoms with van der Waals surface area (Å²) in [4.78, 5) is 17.2. The zero-order valence-corrected chi connectivity index (χ0v) is 19.2. The highest BCUT2D eigenvalue weighted by Crippen LogP contribution is 2.44. The van der Waals surface area contributed by atoms with Crippen molar-refractivity contribution in [1.29, 1.82) is 0 Å². The van der Waals surface area contributed by atoms with Gasteiger partial charge in [0, 0.05) is 18.0 Å². The van der Waals surface area contributed by atoms with Gasteiger partial charge in [0.05, 0.1) is 12.0 Å². The van der Waals surface area contributed by atoms with Crippen molar-refractivity contribution in [3.63, 3.8) is 0 Å². The standard InChI is InChI=1S/C23H32N2O5S/c1-4-5-6-7-8-10-18(2)23(22(26)25-27,19-11-9-16-24-17-19)31(28,29)21-14-12-20(30-3)13-15-21/h9,11-18,27H,4-8,10H2,1-3H3,(H,25,26). The topological polar surface area (TPSA) is 106 Å². The highest BCUT2D eigenvalue weighted by molar-refractivity contribution is 7.93. The van der Waals surface area contributed by atoms with E-state index in [2.05, 4.69) is 11.9 Å². The quantitative estimate of drug-likeness (QED) is 0.285. The van der Waals surface area contributed by atoms with Crippen molar-refractivity contribution in [2.24, 2.45) is 5.92 Å². The molecule has 0 saturated carbocycles. The number of rotatable bonds is 12. The van der Waals surface area contributed by atoms with Crippen LogP contribution in [0.1, 0.15) is 57.9 Å². The van der Waals surface area contributed by atoms with Crippen LogP contribution in [0.25, 0.3) is 0 Å². The monoisotopic (exact) mass is 448 g/mol. The third-order valence-electron chi connectivity index (χ3n) is 5.76. The van der Waals surface area contributed by atoms with Crippen molar-refractivity contribution in [3.8, 4) is 5.75 Å². The van der Waals surface area contributed by atoms with Crippen LogP contribution in [-0.4, -0.2) is 31.6 Å². The van der Waals surface area contributed by atoms with E-state index in [1.807, 2.05) is 0 Å². The Labute approximate surface area is 184 Å². The van der Waals surface area contributed by atoms with Gasteiger partial charge in [0.1, 0.15) is 5.75 Å². The van der Waals surface area contributed by atoms with E-state index in [0.717, 1.165) is 32.1 Å². The molecule has 2 aromatic rings. The molecule has 1 heterocycles. The molecule has 0 radical (unpaired) electrons. The number of benzene rings is 1. The maximum atomic E-state index is 14.0. The fourth-order valence-electron chi connectivity index (χ4n) is 4.05. The molecular weight excluding hydrogens is 416 g/mol. The van der Waals surface area contributed by atoms with Gasteiger partial charge in [-0.3, -0.25) is 15.0 Å². The fourth-order valence-corrected chi connectivity index (χ4v) is 6.28. The van der Waals surface area contributed by atoms with Gasteiger partial charge in [-0.05, 0) is 42.7 Å². The Morgan fingerprint density at radius 2 is 1.84 bits per heavy atom. The largest absolute Gasteiger partial charge is 0.497 e. The van der Waals surface area contributed by atoms with E-state index in [1.165, 1.54) is 43.8 Å². The molecule has 2 atom stereocenters. The summed E-state index contributed by atoms with van der Waals surface area (Å²) in [6.07, 6.45) is 8.40. The molecule has 8 heteroatoms. The molecule has 0 aliphatic rings. The number of pyridine rings is 1. The van der Waals surface area contributed by atoms with Crippen LogP contribution < -0.4 is 10.2 Å². The van der Waals surface area contributed by atoms with E-state index < -0.39 is 26.4 Å². The molecule has 2 rings (SSSR count). The zero-order chi connectivity index (χ0) is 22.9. The van der Waals surface area contributed by atoms with E-state index in [-0.39, 0.29) is 10.5 Å². The highest BCUT2D eigenvalue weighted by atomic mass is 32.2. The SMILES string of the molecule is CCCCCCCC(C)C(C(=O)NO)(c1cccnc1)S(=O)(=O)c1ccc(OC)cc1. The second-order valence-electron chi connectivity index (χ2n) is 7.70. The fraction of sp³-hybridized carbons (Fsp3) is 0.478. The minimum Gasteiger partial charge on any atom is -0.497 e. The number of hydrogen-bond acceptors (Lipinski definition) is 6. The maximum Gasteiger partial charge on any atom is 0.270 e. The first kappa shape index (κ1) is 24.8. The van der Waals surface area contributed by atoms with Crippen molar-refractivity contribution in [3.05, 3.63) is 54.4 Å². The molecule has 0 fully saturated rings. The highest BCUT2D eigenvalue weighted by Gasteiger charge is 2.56. The Balaban J connectivity index is 2.60. The molecule has 2 unspecified atom stereocenters. The van der Waals surface area contributed by atoms with Gasteiger partial charge in [0.25, 0.3) is 5.91 Å². The van der Waals surface area contributed by atoms with Gasteiger partial charge in [-0.1, -0.05) is 52.0 Å². The number of carbonyl (C=O) groups excluding carboxylic acids is 1. The summed E-state index contributed by atoms with van der Waals surface area (Å²) in [6.45, 7) is 3.87. The summed E-state index contributed by atoms with van der Waals surface area (Å²) in [5.41, 5.74) is 1.84. The molecule has 0 saturated heterocycles. The minimum absolute atomic E-state index is 0.0291. The summed E-state index contributed by atoms with van der Waals surface area (Å²) in [5, 5.41) is 9.61. The van der Waals surface area contributed by atoms with Crippen LogP contribution >= 0.6 is 0 Å². The van der Waals surface area contributed by atoms with Gasteiger partial charge >= 0.3 is 0 Å². The smallest absolute Gasteiger partial charge is 0.270 e. The lowest BCUT2D eigenvalue weighted by molar-refractivity contribution is -0.133. The average Bonchev–Trinajstić information content (AvgIpc) is 2.79. The summed E-state index contributed by atoms with van der Waals surface area (Å²) in [5.74, 6) is -1.10. The number of sulfone groups is 1. The van der Waals surface area contributed by atoms with Crippen molar-refractivity contribution >= 4 is 15.7 Å². The number of aromatic nitrogens is 1. The van der Waals surface area contributed by atoms with Crippen LogP contribution in [0.2, 0.25) is 0 Å². The number of ether oxygens (including phenoxy) is 1. The van der Waals surface area contributed by atoms with E-state index in [4.69, 9.17) is 4.74 Å². The number of hydroxylamine groups is 1. The van der Waals surface area contributed by atoms with E-state index in [0.29, 0.717) is 12.2 Å². The number of hydrogen-bond donors (Lipinski definition) is 2. The molecule has 1 amide bonds. The molecule has 0 aliphatic carbocycles. The molecule has 170 valence electrons. The number of amides is 1. The molecular formula is C23H32N2O5S. The first-order valence-corrected chi connectivity index (χ1v) is 12.1. The number of carbonyl (C=O) groups is 1. The lowest BCUT2D eigenvalue weighted by atomic mass is 9.83. The van der Waals surface area contributed by atoms with Crippen molar-refractivity contribution < 1.29 is 23.2 Å². The first-order chi connectivity index (χ1) is 14.9. The minimum atomic E-state index is -4.27. The molecule has 0 spiro atoms. The number of methoxy groups -OCH3 is 1. The molecule has 1 aromatic heterocycles. The van der Waals surface area contributed by atoms with Crippen LogP contribution in [0.4, 0.5) is 0 Å². The Kier molecular flexibility index (Phi) is 9.00. The normalized spacial score (nSPS) is 14.5. The number of nitrogens with one attached hydrogen (secondary N) is 1. The Morgan fingerprint density at radius 1 is 1.16 bits per heavy atom. The molecule has 0 aliphatic heterocycles. The zero-order valence-electron chi connectivity index (χ0n) is 18.4. The lowest BCUT2D eigenvalue weighted by Gasteiger charge is -2.36. The van der Waals surface area contributed by atoms with Crippen LogP contribution in [0.5, 0.6) is 5.75 Å². The lowest BCUT2D eigenvalue weighted by Crippen LogP contribution is -2.53. The van der Waals surface area contributed by atoms with Gasteiger partial charge in [0.15, 0.2) is 14.6 Å². The average molecular weight is 449 g/mol. The van der Waals surface area contributed by atoms with E-state index in [9.17, 15) is 18.4 Å². The number of nitrogens with zero attached hydrogens (tertiary/aromatic N) is 1. The van der Waals surface area contributed by atoms with Crippen LogP contribution in [0.15, 0.2) is 53.7 Å². The molecule has 2 N–H and O–H groups in total. The third kappa shape index (κ3) is 5.07. The van der Waals surface area contributed by atoms with Crippen molar-refractivity contribution in [2.45, 2.75) is 62.0 Å². The Morgan fingerprint density at radius 3 is 2.39 bits per heavy atom. The second-order valence-corrected chi connectivity index (χ2v) is 9.82. The summed E-state index contributed by atoms with van der Waals surface area (Å²) in [7, 11) is -2.78. The molecule has 31 heavy (non-hydrogen) atoms. The maximum absolute atomic E-state index is 14.0. The van der Waals surface area contributed by atoms with Gasteiger partial charge in [-0.25, -0.2) is 13.9 Å². The molecule has 1 aromatic carbocycles. The van der Waals surface area contributed by atoms with Crippen LogP contribution in [-0.2, 0) is 19.4 Å². The second kappa shape index (κ2) is 11.2. The van der Waals surface area contributed by atoms with Crippen LogP contribution in [0.3, 0.4) is 0 Å². The summed E-state index contributed by atoms with van der Waals surface area (Å²) < 4.78 is 31.1. The van der Waals surface area contributed by atoms with Gasteiger partial charge in [-0.2, -0.15) is 0 Å². The Hall–Kier alpha value is -2.45. The first-order valence-electron chi connectivity index (χ1n) is 10.6. The van der Waals surface area contributed by atoms with Gasteiger partial charge < -0.3 is 4.74 Å². The molecule has 7 nitrogen and oxygen atoms in total. The van der Waals surface area contributed by atoms with Crippen molar-refractivity contribution in [1.82, 2.24) is 10.5 Å². The Bertz CT molecular complexity index is 932. The predicted molar refractivity (Wildman–Crippen MR) is 119 cm³/mol.